The van der Waals surface area contributed by atoms with Crippen LogP contribution in [-0.4, -0.2) is 60.4 Å². The van der Waals surface area contributed by atoms with Gasteiger partial charge >= 0.3 is 0 Å². The van der Waals surface area contributed by atoms with Crippen LogP contribution in [0.15, 0.2) is 30.7 Å². The van der Waals surface area contributed by atoms with E-state index in [0.717, 1.165) is 37.7 Å². The number of ether oxygens (including phenoxy) is 2. The van der Waals surface area contributed by atoms with Gasteiger partial charge < -0.3 is 24.6 Å². The van der Waals surface area contributed by atoms with E-state index in [2.05, 4.69) is 25.1 Å². The molecule has 3 rings (SSSR count). The maximum atomic E-state index is 6.15. The van der Waals surface area contributed by atoms with Crippen molar-refractivity contribution in [3.05, 3.63) is 35.7 Å². The van der Waals surface area contributed by atoms with E-state index in [0.29, 0.717) is 21.6 Å². The maximum Gasteiger partial charge on any atom is 0.173 e. The normalized spacial score (nSPS) is 14.1. The Morgan fingerprint density at radius 1 is 1.12 bits per heavy atom. The largest absolute Gasteiger partial charge is 0.495 e. The molecule has 1 fully saturated rings. The van der Waals surface area contributed by atoms with Gasteiger partial charge in [-0.05, 0) is 12.2 Å². The van der Waals surface area contributed by atoms with Gasteiger partial charge in [-0.15, -0.1) is 0 Å². The second-order valence-electron chi connectivity index (χ2n) is 5.65. The van der Waals surface area contributed by atoms with E-state index in [4.69, 9.17) is 33.3 Å². The van der Waals surface area contributed by atoms with Gasteiger partial charge in [-0.2, -0.15) is 0 Å². The lowest BCUT2D eigenvalue weighted by atomic mass is 10.2. The Morgan fingerprint density at radius 3 is 2.46 bits per heavy atom. The molecule has 9 heteroatoms. The maximum absolute atomic E-state index is 6.15. The molecule has 1 aliphatic rings. The minimum Gasteiger partial charge on any atom is -0.495 e. The predicted octanol–water partition coefficient (Wildman–Crippen LogP) is 2.67. The smallest absolute Gasteiger partial charge is 0.173 e. The van der Waals surface area contributed by atoms with E-state index in [1.54, 1.807) is 44.9 Å². The average molecular weight is 394 g/mol. The molecule has 1 aromatic heterocycles. The summed E-state index contributed by atoms with van der Waals surface area (Å²) in [6, 6.07) is 3.49. The molecule has 1 aliphatic heterocycles. The highest BCUT2D eigenvalue weighted by molar-refractivity contribution is 7.80. The van der Waals surface area contributed by atoms with Crippen molar-refractivity contribution in [1.82, 2.24) is 14.9 Å². The van der Waals surface area contributed by atoms with Gasteiger partial charge in [0.2, 0.25) is 0 Å². The molecule has 1 N–H and O–H groups in total. The van der Waals surface area contributed by atoms with Crippen LogP contribution in [0.2, 0.25) is 5.02 Å². The summed E-state index contributed by atoms with van der Waals surface area (Å²) in [5.41, 5.74) is 0.718. The minimum absolute atomic E-state index is 0.485. The van der Waals surface area contributed by atoms with Gasteiger partial charge in [0.05, 0.1) is 31.1 Å². The molecule has 7 nitrogen and oxygen atoms in total. The summed E-state index contributed by atoms with van der Waals surface area (Å²) >= 11 is 11.7. The highest BCUT2D eigenvalue weighted by Crippen LogP contribution is 2.36. The number of piperazine rings is 1. The Bertz CT molecular complexity index is 769. The first-order valence-electron chi connectivity index (χ1n) is 8.10. The summed E-state index contributed by atoms with van der Waals surface area (Å²) in [4.78, 5) is 12.8. The van der Waals surface area contributed by atoms with Crippen molar-refractivity contribution in [2.45, 2.75) is 0 Å². The number of anilines is 2. The zero-order chi connectivity index (χ0) is 18.5. The monoisotopic (exact) mass is 393 g/mol. The third kappa shape index (κ3) is 4.08. The Hall–Kier alpha value is -2.32. The van der Waals surface area contributed by atoms with Crippen molar-refractivity contribution < 1.29 is 9.47 Å². The van der Waals surface area contributed by atoms with E-state index >= 15 is 0 Å². The van der Waals surface area contributed by atoms with E-state index in [9.17, 15) is 0 Å². The van der Waals surface area contributed by atoms with Crippen LogP contribution >= 0.6 is 23.8 Å². The predicted molar refractivity (Wildman–Crippen MR) is 107 cm³/mol. The van der Waals surface area contributed by atoms with Crippen LogP contribution in [0.25, 0.3) is 0 Å². The van der Waals surface area contributed by atoms with Crippen molar-refractivity contribution in [1.29, 1.82) is 0 Å². The zero-order valence-corrected chi connectivity index (χ0v) is 16.2. The fourth-order valence-corrected chi connectivity index (χ4v) is 3.27. The van der Waals surface area contributed by atoms with Crippen molar-refractivity contribution in [3.8, 4) is 11.5 Å². The average Bonchev–Trinajstić information content (AvgIpc) is 2.69. The molecular formula is C17H20ClN5O2S. The molecule has 2 aromatic rings. The molecule has 0 bridgehead atoms. The first-order chi connectivity index (χ1) is 12.6. The lowest BCUT2D eigenvalue weighted by Gasteiger charge is -2.36. The molecule has 26 heavy (non-hydrogen) atoms. The van der Waals surface area contributed by atoms with Crippen LogP contribution in [0.3, 0.4) is 0 Å². The molecule has 1 aromatic carbocycles. The molecule has 0 atom stereocenters. The quantitative estimate of drug-likeness (QED) is 0.795. The SMILES string of the molecule is COc1cc(NC(=S)N2CCN(c3cnccn3)CC2)c(OC)cc1Cl. The Morgan fingerprint density at radius 2 is 1.85 bits per heavy atom. The van der Waals surface area contributed by atoms with E-state index in [1.807, 2.05) is 0 Å². The van der Waals surface area contributed by atoms with Crippen LogP contribution in [0.5, 0.6) is 11.5 Å². The van der Waals surface area contributed by atoms with Gasteiger partial charge in [-0.1, -0.05) is 11.6 Å². The third-order valence-electron chi connectivity index (χ3n) is 4.16. The van der Waals surface area contributed by atoms with Gasteiger partial charge in [0.1, 0.15) is 17.3 Å². The Kier molecular flexibility index (Phi) is 5.95. The van der Waals surface area contributed by atoms with Crippen LogP contribution in [0.4, 0.5) is 11.5 Å². The van der Waals surface area contributed by atoms with Crippen LogP contribution in [-0.2, 0) is 0 Å². The molecule has 2 heterocycles. The van der Waals surface area contributed by atoms with Gasteiger partial charge in [-0.3, -0.25) is 4.98 Å². The molecule has 0 saturated carbocycles. The highest BCUT2D eigenvalue weighted by atomic mass is 35.5. The lowest BCUT2D eigenvalue weighted by molar-refractivity contribution is 0.388. The number of methoxy groups -OCH3 is 2. The van der Waals surface area contributed by atoms with Crippen LogP contribution < -0.4 is 19.7 Å². The number of benzene rings is 1. The van der Waals surface area contributed by atoms with Crippen LogP contribution in [0.1, 0.15) is 0 Å². The summed E-state index contributed by atoms with van der Waals surface area (Å²) in [6.07, 6.45) is 5.15. The van der Waals surface area contributed by atoms with Crippen molar-refractivity contribution in [2.75, 3.05) is 50.6 Å². The van der Waals surface area contributed by atoms with Crippen LogP contribution in [0, 0.1) is 0 Å². The Balaban J connectivity index is 1.64. The number of nitrogens with one attached hydrogen (secondary N) is 1. The second kappa shape index (κ2) is 8.37. The topological polar surface area (TPSA) is 62.8 Å². The zero-order valence-electron chi connectivity index (χ0n) is 14.6. The highest BCUT2D eigenvalue weighted by Gasteiger charge is 2.21. The van der Waals surface area contributed by atoms with Gasteiger partial charge in [0.15, 0.2) is 5.11 Å². The lowest BCUT2D eigenvalue weighted by Crippen LogP contribution is -2.50. The number of aromatic nitrogens is 2. The molecule has 1 saturated heterocycles. The summed E-state index contributed by atoms with van der Waals surface area (Å²) in [6.45, 7) is 3.22. The summed E-state index contributed by atoms with van der Waals surface area (Å²) in [5.74, 6) is 2.05. The molecule has 0 radical (unpaired) electrons. The standard InChI is InChI=1S/C17H20ClN5O2S/c1-24-14-10-13(15(25-2)9-12(14)18)21-17(26)23-7-5-22(6-8-23)16-11-19-3-4-20-16/h3-4,9-11H,5-8H2,1-2H3,(H,21,26). The molecule has 0 amide bonds. The molecule has 0 unspecified atom stereocenters. The number of halogens is 1. The van der Waals surface area contributed by atoms with E-state index in [-0.39, 0.29) is 0 Å². The first-order valence-corrected chi connectivity index (χ1v) is 8.89. The number of rotatable bonds is 4. The number of thiocarbonyl (C=S) groups is 1. The number of hydrogen-bond acceptors (Lipinski definition) is 6. The van der Waals surface area contributed by atoms with Crippen molar-refractivity contribution >= 4 is 40.4 Å². The summed E-state index contributed by atoms with van der Waals surface area (Å²) in [5, 5.41) is 4.35. The number of nitrogens with zero attached hydrogens (tertiary/aromatic N) is 4. The van der Waals surface area contributed by atoms with Crippen molar-refractivity contribution in [3.63, 3.8) is 0 Å². The second-order valence-corrected chi connectivity index (χ2v) is 6.45. The fourth-order valence-electron chi connectivity index (χ4n) is 2.75. The molecule has 0 spiro atoms. The van der Waals surface area contributed by atoms with Crippen molar-refractivity contribution in [2.24, 2.45) is 0 Å². The number of hydrogen-bond donors (Lipinski definition) is 1. The minimum atomic E-state index is 0.485. The first kappa shape index (κ1) is 18.5. The fraction of sp³-hybridized carbons (Fsp3) is 0.353. The third-order valence-corrected chi connectivity index (χ3v) is 4.81. The van der Waals surface area contributed by atoms with Gasteiger partial charge in [0.25, 0.3) is 0 Å². The van der Waals surface area contributed by atoms with E-state index < -0.39 is 0 Å². The van der Waals surface area contributed by atoms with E-state index in [1.165, 1.54) is 0 Å². The summed E-state index contributed by atoms with van der Waals surface area (Å²) in [7, 11) is 3.16. The molecule has 138 valence electrons. The summed E-state index contributed by atoms with van der Waals surface area (Å²) < 4.78 is 10.7. The van der Waals surface area contributed by atoms with Gasteiger partial charge in [0, 0.05) is 50.7 Å². The Labute approximate surface area is 162 Å². The molecular weight excluding hydrogens is 374 g/mol. The molecule has 0 aliphatic carbocycles. The van der Waals surface area contributed by atoms with Gasteiger partial charge in [-0.25, -0.2) is 4.98 Å².